The molecule has 0 aromatic heterocycles. The van der Waals surface area contributed by atoms with Crippen LogP contribution in [0.25, 0.3) is 0 Å². The number of carbonyl (C=O) groups is 3. The van der Waals surface area contributed by atoms with Gasteiger partial charge in [0.05, 0.1) is 5.92 Å². The zero-order chi connectivity index (χ0) is 15.3. The maximum Gasteiger partial charge on any atom is 0.326 e. The van der Waals surface area contributed by atoms with Crippen molar-refractivity contribution in [2.75, 3.05) is 0 Å². The standard InChI is InChI=1S/C13H21NO6/c1-7(15)19-8(2)20-13(18)11(14)9-3-5-10(6-4-9)12(16)17/h8-11H,3-6,14H2,1-2H3,(H,16,17)/t8?,9-,10-,11?. The van der Waals surface area contributed by atoms with Crippen molar-refractivity contribution in [3.05, 3.63) is 0 Å². The smallest absolute Gasteiger partial charge is 0.326 e. The minimum Gasteiger partial charge on any atom is -0.481 e. The molecule has 0 radical (unpaired) electrons. The number of esters is 2. The Hall–Kier alpha value is -1.63. The molecule has 0 bridgehead atoms. The van der Waals surface area contributed by atoms with E-state index in [4.69, 9.17) is 20.3 Å². The van der Waals surface area contributed by atoms with E-state index in [0.29, 0.717) is 25.7 Å². The molecule has 1 aliphatic carbocycles. The maximum atomic E-state index is 11.8. The minimum absolute atomic E-state index is 0.0948. The third-order valence-electron chi connectivity index (χ3n) is 3.52. The molecule has 0 saturated heterocycles. The largest absolute Gasteiger partial charge is 0.481 e. The molecule has 1 saturated carbocycles. The van der Waals surface area contributed by atoms with Crippen LogP contribution in [0.1, 0.15) is 39.5 Å². The van der Waals surface area contributed by atoms with Crippen molar-refractivity contribution in [2.45, 2.75) is 51.9 Å². The van der Waals surface area contributed by atoms with E-state index in [2.05, 4.69) is 0 Å². The lowest BCUT2D eigenvalue weighted by molar-refractivity contribution is -0.184. The predicted octanol–water partition coefficient (Wildman–Crippen LogP) is 0.657. The third-order valence-corrected chi connectivity index (χ3v) is 3.52. The Morgan fingerprint density at radius 3 is 2.15 bits per heavy atom. The van der Waals surface area contributed by atoms with Gasteiger partial charge in [-0.3, -0.25) is 14.4 Å². The fourth-order valence-corrected chi connectivity index (χ4v) is 2.42. The van der Waals surface area contributed by atoms with Gasteiger partial charge in [-0.1, -0.05) is 0 Å². The van der Waals surface area contributed by atoms with Gasteiger partial charge < -0.3 is 20.3 Å². The quantitative estimate of drug-likeness (QED) is 0.563. The van der Waals surface area contributed by atoms with Crippen LogP contribution in [0.3, 0.4) is 0 Å². The van der Waals surface area contributed by atoms with Crippen LogP contribution < -0.4 is 5.73 Å². The van der Waals surface area contributed by atoms with Gasteiger partial charge in [0.1, 0.15) is 6.04 Å². The summed E-state index contributed by atoms with van der Waals surface area (Å²) in [6.07, 6.45) is 1.21. The summed E-state index contributed by atoms with van der Waals surface area (Å²) in [6.45, 7) is 2.66. The van der Waals surface area contributed by atoms with Gasteiger partial charge in [-0.2, -0.15) is 0 Å². The molecule has 1 rings (SSSR count). The van der Waals surface area contributed by atoms with Crippen LogP contribution in [0.15, 0.2) is 0 Å². The highest BCUT2D eigenvalue weighted by Crippen LogP contribution is 2.30. The van der Waals surface area contributed by atoms with Crippen molar-refractivity contribution in [3.63, 3.8) is 0 Å². The molecule has 0 aliphatic heterocycles. The van der Waals surface area contributed by atoms with Crippen molar-refractivity contribution < 1.29 is 29.0 Å². The maximum absolute atomic E-state index is 11.8. The van der Waals surface area contributed by atoms with E-state index in [-0.39, 0.29) is 11.8 Å². The Kier molecular flexibility index (Phi) is 5.94. The van der Waals surface area contributed by atoms with Gasteiger partial charge in [0.2, 0.25) is 6.29 Å². The summed E-state index contributed by atoms with van der Waals surface area (Å²) in [4.78, 5) is 33.3. The number of carboxylic acid groups (broad SMARTS) is 1. The molecule has 0 aromatic carbocycles. The van der Waals surface area contributed by atoms with Crippen molar-refractivity contribution >= 4 is 17.9 Å². The first kappa shape index (κ1) is 16.4. The van der Waals surface area contributed by atoms with E-state index < -0.39 is 30.2 Å². The van der Waals surface area contributed by atoms with Gasteiger partial charge in [-0.15, -0.1) is 0 Å². The highest BCUT2D eigenvalue weighted by molar-refractivity contribution is 5.76. The van der Waals surface area contributed by atoms with E-state index in [9.17, 15) is 14.4 Å². The van der Waals surface area contributed by atoms with Crippen LogP contribution in [-0.2, 0) is 23.9 Å². The average molecular weight is 287 g/mol. The summed E-state index contributed by atoms with van der Waals surface area (Å²) in [5, 5.41) is 8.90. The van der Waals surface area contributed by atoms with E-state index in [1.807, 2.05) is 0 Å². The monoisotopic (exact) mass is 287 g/mol. The first-order chi connectivity index (χ1) is 9.31. The lowest BCUT2D eigenvalue weighted by Gasteiger charge is -2.29. The second-order valence-corrected chi connectivity index (χ2v) is 5.09. The van der Waals surface area contributed by atoms with Crippen molar-refractivity contribution in [1.82, 2.24) is 0 Å². The number of aliphatic carboxylic acids is 1. The van der Waals surface area contributed by atoms with Gasteiger partial charge in [-0.05, 0) is 31.6 Å². The molecule has 0 spiro atoms. The summed E-state index contributed by atoms with van der Waals surface area (Å²) in [5.41, 5.74) is 5.83. The zero-order valence-electron chi connectivity index (χ0n) is 11.7. The molecule has 20 heavy (non-hydrogen) atoms. The molecule has 0 aromatic rings. The molecule has 3 N–H and O–H groups in total. The van der Waals surface area contributed by atoms with Crippen molar-refractivity contribution in [1.29, 1.82) is 0 Å². The highest BCUT2D eigenvalue weighted by Gasteiger charge is 2.33. The summed E-state index contributed by atoms with van der Waals surface area (Å²) < 4.78 is 9.62. The summed E-state index contributed by atoms with van der Waals surface area (Å²) in [7, 11) is 0. The molecule has 1 aliphatic rings. The number of hydrogen-bond acceptors (Lipinski definition) is 6. The van der Waals surface area contributed by atoms with E-state index in [1.165, 1.54) is 13.8 Å². The van der Waals surface area contributed by atoms with Gasteiger partial charge in [0.15, 0.2) is 0 Å². The Balaban J connectivity index is 2.42. The summed E-state index contributed by atoms with van der Waals surface area (Å²) in [6, 6.07) is -0.817. The topological polar surface area (TPSA) is 116 Å². The molecule has 114 valence electrons. The number of carboxylic acids is 1. The van der Waals surface area contributed by atoms with Gasteiger partial charge in [0, 0.05) is 13.8 Å². The van der Waals surface area contributed by atoms with Gasteiger partial charge in [0.25, 0.3) is 0 Å². The fraction of sp³-hybridized carbons (Fsp3) is 0.769. The Bertz CT molecular complexity index is 375. The van der Waals surface area contributed by atoms with Gasteiger partial charge in [-0.25, -0.2) is 0 Å². The Labute approximate surface area is 117 Å². The van der Waals surface area contributed by atoms with Crippen LogP contribution in [0.4, 0.5) is 0 Å². The molecular formula is C13H21NO6. The number of rotatable bonds is 5. The van der Waals surface area contributed by atoms with Crippen molar-refractivity contribution in [3.8, 4) is 0 Å². The van der Waals surface area contributed by atoms with Crippen LogP contribution in [0.5, 0.6) is 0 Å². The first-order valence-corrected chi connectivity index (χ1v) is 6.67. The van der Waals surface area contributed by atoms with Gasteiger partial charge >= 0.3 is 17.9 Å². The predicted molar refractivity (Wildman–Crippen MR) is 68.4 cm³/mol. The van der Waals surface area contributed by atoms with E-state index in [0.717, 1.165) is 0 Å². The average Bonchev–Trinajstić information content (AvgIpc) is 2.36. The van der Waals surface area contributed by atoms with Crippen LogP contribution in [-0.4, -0.2) is 35.3 Å². The molecule has 7 nitrogen and oxygen atoms in total. The number of nitrogens with two attached hydrogens (primary N) is 1. The van der Waals surface area contributed by atoms with Crippen molar-refractivity contribution in [2.24, 2.45) is 17.6 Å². The fourth-order valence-electron chi connectivity index (χ4n) is 2.42. The van der Waals surface area contributed by atoms with Crippen LogP contribution in [0, 0.1) is 11.8 Å². The number of hydrogen-bond donors (Lipinski definition) is 2. The lowest BCUT2D eigenvalue weighted by atomic mass is 9.79. The normalized spacial score (nSPS) is 25.4. The molecule has 2 unspecified atom stereocenters. The number of ether oxygens (including phenoxy) is 2. The molecule has 7 heteroatoms. The van der Waals surface area contributed by atoms with E-state index >= 15 is 0 Å². The second-order valence-electron chi connectivity index (χ2n) is 5.09. The zero-order valence-corrected chi connectivity index (χ0v) is 11.7. The molecule has 0 heterocycles. The van der Waals surface area contributed by atoms with Crippen LogP contribution in [0.2, 0.25) is 0 Å². The third kappa shape index (κ3) is 4.80. The first-order valence-electron chi connectivity index (χ1n) is 6.67. The van der Waals surface area contributed by atoms with E-state index in [1.54, 1.807) is 0 Å². The summed E-state index contributed by atoms with van der Waals surface area (Å²) in [5.74, 6) is -2.42. The lowest BCUT2D eigenvalue weighted by Crippen LogP contribution is -2.43. The SMILES string of the molecule is CC(=O)OC(C)OC(=O)C(N)[C@H]1CC[C@H](C(=O)O)CC1. The van der Waals surface area contributed by atoms with Crippen LogP contribution >= 0.6 is 0 Å². The second kappa shape index (κ2) is 7.23. The molecule has 1 fully saturated rings. The Morgan fingerprint density at radius 2 is 1.70 bits per heavy atom. The molecular weight excluding hydrogens is 266 g/mol. The number of carbonyl (C=O) groups excluding carboxylic acids is 2. The summed E-state index contributed by atoms with van der Waals surface area (Å²) >= 11 is 0. The highest BCUT2D eigenvalue weighted by atomic mass is 16.7. The molecule has 2 atom stereocenters. The Morgan fingerprint density at radius 1 is 1.15 bits per heavy atom. The molecule has 0 amide bonds. The minimum atomic E-state index is -0.971.